The highest BCUT2D eigenvalue weighted by molar-refractivity contribution is 7.71. The van der Waals surface area contributed by atoms with Gasteiger partial charge in [-0.05, 0) is 62.8 Å². The third-order valence-electron chi connectivity index (χ3n) is 8.24. The topological polar surface area (TPSA) is 114 Å². The van der Waals surface area contributed by atoms with Gasteiger partial charge in [0, 0.05) is 28.1 Å². The second-order valence-corrected chi connectivity index (χ2v) is 11.3. The van der Waals surface area contributed by atoms with Crippen molar-refractivity contribution in [2.24, 2.45) is 0 Å². The van der Waals surface area contributed by atoms with E-state index >= 15 is 0 Å². The minimum atomic E-state index is -1.83. The van der Waals surface area contributed by atoms with Crippen molar-refractivity contribution >= 4 is 35.0 Å². The lowest BCUT2D eigenvalue weighted by atomic mass is 9.81. The third kappa shape index (κ3) is 3.33. The number of nitrogens with zero attached hydrogens (tertiary/aromatic N) is 2. The van der Waals surface area contributed by atoms with Crippen LogP contribution in [0.2, 0.25) is 0 Å². The number of hydrogen-bond acceptors (Lipinski definition) is 7. The van der Waals surface area contributed by atoms with Crippen molar-refractivity contribution in [1.82, 2.24) is 14.9 Å². The Hall–Kier alpha value is -3.21. The van der Waals surface area contributed by atoms with Crippen molar-refractivity contribution in [3.63, 3.8) is 0 Å². The summed E-state index contributed by atoms with van der Waals surface area (Å²) in [7, 11) is 0. The van der Waals surface area contributed by atoms with Gasteiger partial charge in [-0.25, -0.2) is 14.2 Å². The number of aryl methyl sites for hydroxylation is 1. The van der Waals surface area contributed by atoms with Crippen LogP contribution in [0.4, 0.5) is 4.39 Å². The molecule has 1 aromatic carbocycles. The monoisotopic (exact) mass is 537 g/mol. The van der Waals surface area contributed by atoms with E-state index in [1.54, 1.807) is 19.9 Å². The van der Waals surface area contributed by atoms with Gasteiger partial charge < -0.3 is 24.8 Å². The molecule has 0 unspecified atom stereocenters. The number of fused-ring (bicyclic) bond motifs is 5. The molecule has 0 spiro atoms. The lowest BCUT2D eigenvalue weighted by Gasteiger charge is -2.32. The van der Waals surface area contributed by atoms with Crippen LogP contribution in [0.25, 0.3) is 22.3 Å². The number of carbonyl (C=O) groups is 2. The van der Waals surface area contributed by atoms with Crippen LogP contribution in [0, 0.1) is 17.4 Å². The van der Waals surface area contributed by atoms with Crippen LogP contribution in [-0.4, -0.2) is 37.2 Å². The molecule has 38 heavy (non-hydrogen) atoms. The molecule has 2 atom stereocenters. The molecule has 3 aliphatic rings. The first-order valence-corrected chi connectivity index (χ1v) is 13.1. The quantitative estimate of drug-likeness (QED) is 0.269. The molecule has 198 valence electrons. The van der Waals surface area contributed by atoms with Gasteiger partial charge in [0.05, 0.1) is 29.5 Å². The molecule has 0 saturated carbocycles. The van der Waals surface area contributed by atoms with Gasteiger partial charge in [0.1, 0.15) is 22.7 Å². The fourth-order valence-electron chi connectivity index (χ4n) is 6.03. The van der Waals surface area contributed by atoms with Gasteiger partial charge in [-0.2, -0.15) is 0 Å². The Morgan fingerprint density at radius 3 is 2.76 bits per heavy atom. The summed E-state index contributed by atoms with van der Waals surface area (Å²) in [6, 6.07) is 2.72. The van der Waals surface area contributed by atoms with Crippen LogP contribution >= 0.6 is 12.2 Å². The summed E-state index contributed by atoms with van der Waals surface area (Å²) < 4.78 is 22.6. The number of ether oxygens (including phenoxy) is 1. The molecule has 0 bridgehead atoms. The maximum atomic E-state index is 15.0. The summed E-state index contributed by atoms with van der Waals surface area (Å²) >= 11 is 5.83. The maximum Gasteiger partial charge on any atom is 0.343 e. The van der Waals surface area contributed by atoms with Crippen LogP contribution in [0.1, 0.15) is 73.0 Å². The Labute approximate surface area is 223 Å². The minimum Gasteiger partial charge on any atom is -0.458 e. The fourth-order valence-corrected chi connectivity index (χ4v) is 6.37. The van der Waals surface area contributed by atoms with Crippen LogP contribution in [0.15, 0.2) is 12.1 Å². The first-order valence-electron chi connectivity index (χ1n) is 12.7. The lowest BCUT2D eigenvalue weighted by molar-refractivity contribution is -0.172. The fraction of sp³-hybridized carbons (Fsp3) is 0.429. The van der Waals surface area contributed by atoms with Crippen molar-refractivity contribution in [2.45, 2.75) is 77.4 Å². The van der Waals surface area contributed by atoms with Crippen LogP contribution in [-0.2, 0) is 39.5 Å². The molecule has 10 heteroatoms. The molecule has 1 amide bonds. The molecule has 1 aliphatic carbocycles. The SMILES string of the molecule is CC[C@@]1(O)C(=O)OCc2c1cc1n(c2=S)Cc2c-1nc1cc(F)c(C)c3c1c2[C@@H](NC(=O)C(C)(C)O)CC3. The van der Waals surface area contributed by atoms with Gasteiger partial charge >= 0.3 is 5.97 Å². The van der Waals surface area contributed by atoms with Gasteiger partial charge in [0.15, 0.2) is 5.60 Å². The predicted molar refractivity (Wildman–Crippen MR) is 139 cm³/mol. The highest BCUT2D eigenvalue weighted by atomic mass is 32.1. The summed E-state index contributed by atoms with van der Waals surface area (Å²) in [6.45, 7) is 6.64. The number of aromatic nitrogens is 2. The Balaban J connectivity index is 1.64. The van der Waals surface area contributed by atoms with E-state index in [4.69, 9.17) is 21.9 Å². The number of pyridine rings is 2. The molecule has 2 aromatic heterocycles. The molecule has 8 nitrogen and oxygen atoms in total. The Kier molecular flexibility index (Phi) is 5.38. The average Bonchev–Trinajstić information content (AvgIpc) is 3.23. The standard InChI is InChI=1S/C28H28FN3O5S/c1-5-28(36)16-8-20-23-14(10-32(20)24(38)15(16)11-37-26(28)34)22-18(31-25(33)27(3,4)35)7-6-13-12(2)17(29)9-19(30-23)21(13)22/h8-9,18,35-36H,5-7,10-11H2,1-4H3,(H,31,33)/t18-,28-/m0/s1. The number of esters is 1. The van der Waals surface area contributed by atoms with Gasteiger partial charge in [-0.15, -0.1) is 0 Å². The zero-order valence-corrected chi connectivity index (χ0v) is 22.4. The first-order chi connectivity index (χ1) is 17.9. The molecule has 2 aliphatic heterocycles. The van der Waals surface area contributed by atoms with E-state index in [0.717, 1.165) is 22.1 Å². The van der Waals surface area contributed by atoms with Crippen molar-refractivity contribution in [1.29, 1.82) is 0 Å². The molecule has 0 fully saturated rings. The third-order valence-corrected chi connectivity index (χ3v) is 8.71. The van der Waals surface area contributed by atoms with Crippen molar-refractivity contribution in [2.75, 3.05) is 0 Å². The Morgan fingerprint density at radius 2 is 2.08 bits per heavy atom. The molecule has 3 aromatic rings. The van der Waals surface area contributed by atoms with E-state index in [9.17, 15) is 24.2 Å². The smallest absolute Gasteiger partial charge is 0.343 e. The largest absolute Gasteiger partial charge is 0.458 e. The number of halogens is 1. The number of nitrogens with one attached hydrogen (secondary N) is 1. The second-order valence-electron chi connectivity index (χ2n) is 10.9. The normalized spacial score (nSPS) is 21.6. The predicted octanol–water partition coefficient (Wildman–Crippen LogP) is 3.77. The van der Waals surface area contributed by atoms with Crippen LogP contribution in [0.3, 0.4) is 0 Å². The number of carbonyl (C=O) groups excluding carboxylic acids is 2. The summed E-state index contributed by atoms with van der Waals surface area (Å²) in [5.41, 5.74) is 2.30. The van der Waals surface area contributed by atoms with Crippen molar-refractivity contribution < 1.29 is 28.9 Å². The summed E-state index contributed by atoms with van der Waals surface area (Å²) in [5, 5.41) is 25.4. The van der Waals surface area contributed by atoms with Gasteiger partial charge in [-0.1, -0.05) is 19.1 Å². The molecule has 3 N–H and O–H groups in total. The zero-order valence-electron chi connectivity index (χ0n) is 21.6. The van der Waals surface area contributed by atoms with E-state index in [1.165, 1.54) is 19.9 Å². The van der Waals surface area contributed by atoms with E-state index in [2.05, 4.69) is 5.32 Å². The molecule has 0 saturated heterocycles. The number of hydrogen-bond donors (Lipinski definition) is 3. The number of rotatable bonds is 3. The number of aliphatic hydroxyl groups is 2. The maximum absolute atomic E-state index is 15.0. The summed E-state index contributed by atoms with van der Waals surface area (Å²) in [5.74, 6) is -1.58. The Morgan fingerprint density at radius 1 is 1.34 bits per heavy atom. The van der Waals surface area contributed by atoms with Gasteiger partial charge in [0.25, 0.3) is 5.91 Å². The molecular weight excluding hydrogens is 509 g/mol. The van der Waals surface area contributed by atoms with Crippen LogP contribution < -0.4 is 5.32 Å². The number of cyclic esters (lactones) is 1. The molecular formula is C28H28FN3O5S. The van der Waals surface area contributed by atoms with Crippen molar-refractivity contribution in [3.8, 4) is 11.4 Å². The first kappa shape index (κ1) is 25.1. The average molecular weight is 538 g/mol. The second kappa shape index (κ2) is 8.14. The Bertz CT molecular complexity index is 1660. The van der Waals surface area contributed by atoms with E-state index < -0.39 is 29.1 Å². The summed E-state index contributed by atoms with van der Waals surface area (Å²) in [6.07, 6.45) is 1.19. The molecule has 6 rings (SSSR count). The number of benzene rings is 1. The van der Waals surface area contributed by atoms with Gasteiger partial charge in [-0.3, -0.25) is 4.79 Å². The van der Waals surface area contributed by atoms with E-state index in [0.29, 0.717) is 57.6 Å². The number of amides is 1. The van der Waals surface area contributed by atoms with Crippen molar-refractivity contribution in [3.05, 3.63) is 56.0 Å². The summed E-state index contributed by atoms with van der Waals surface area (Å²) in [4.78, 5) is 30.3. The zero-order chi connectivity index (χ0) is 27.3. The highest BCUT2D eigenvalue weighted by Gasteiger charge is 2.45. The highest BCUT2D eigenvalue weighted by Crippen LogP contribution is 2.47. The molecule has 0 radical (unpaired) electrons. The minimum absolute atomic E-state index is 0.0347. The van der Waals surface area contributed by atoms with Crippen LogP contribution in [0.5, 0.6) is 0 Å². The van der Waals surface area contributed by atoms with Gasteiger partial charge in [0.2, 0.25) is 0 Å². The molecule has 4 heterocycles. The van der Waals surface area contributed by atoms with E-state index in [-0.39, 0.29) is 18.8 Å². The lowest BCUT2D eigenvalue weighted by Crippen LogP contribution is -2.44. The van der Waals surface area contributed by atoms with E-state index in [1.807, 2.05) is 4.57 Å².